The number of benzene rings is 2. The third kappa shape index (κ3) is 8.04. The second-order valence-electron chi connectivity index (χ2n) is 7.83. The average molecular weight is 505 g/mol. The molecular formula is C24H26Cl2N4O4. The molecule has 0 atom stereocenters. The summed E-state index contributed by atoms with van der Waals surface area (Å²) < 4.78 is 10.9. The van der Waals surface area contributed by atoms with E-state index in [4.69, 9.17) is 32.7 Å². The topological polar surface area (TPSA) is 101 Å². The van der Waals surface area contributed by atoms with Gasteiger partial charge in [0.15, 0.2) is 13.2 Å². The molecule has 1 fully saturated rings. The highest BCUT2D eigenvalue weighted by Crippen LogP contribution is 2.22. The maximum atomic E-state index is 12.0. The van der Waals surface area contributed by atoms with Crippen LogP contribution in [-0.4, -0.2) is 36.5 Å². The SMILES string of the molecule is Cc1cc(OCC(=O)NN=C2CCC(=NNC(=O)COc3ccc(Cl)c(C)c3)CC2)ccc1Cl. The van der Waals surface area contributed by atoms with Crippen LogP contribution in [-0.2, 0) is 9.59 Å². The van der Waals surface area contributed by atoms with E-state index in [-0.39, 0.29) is 25.0 Å². The van der Waals surface area contributed by atoms with Crippen molar-refractivity contribution < 1.29 is 19.1 Å². The predicted octanol–water partition coefficient (Wildman–Crippen LogP) is 4.59. The fourth-order valence-electron chi connectivity index (χ4n) is 3.11. The van der Waals surface area contributed by atoms with E-state index in [2.05, 4.69) is 21.1 Å². The molecule has 0 spiro atoms. The molecule has 2 aromatic rings. The van der Waals surface area contributed by atoms with Gasteiger partial charge in [-0.25, -0.2) is 10.9 Å². The summed E-state index contributed by atoms with van der Waals surface area (Å²) in [4.78, 5) is 24.0. The fraction of sp³-hybridized carbons (Fsp3) is 0.333. The molecular weight excluding hydrogens is 479 g/mol. The van der Waals surface area contributed by atoms with Gasteiger partial charge in [0.25, 0.3) is 11.8 Å². The number of ether oxygens (including phenoxy) is 2. The van der Waals surface area contributed by atoms with Crippen LogP contribution in [0.2, 0.25) is 10.0 Å². The third-order valence-corrected chi connectivity index (χ3v) is 5.93. The van der Waals surface area contributed by atoms with Gasteiger partial charge < -0.3 is 9.47 Å². The summed E-state index contributed by atoms with van der Waals surface area (Å²) in [6, 6.07) is 10.4. The summed E-state index contributed by atoms with van der Waals surface area (Å²) in [5.74, 6) is 0.448. The Morgan fingerprint density at radius 3 is 1.50 bits per heavy atom. The summed E-state index contributed by atoms with van der Waals surface area (Å²) in [6.07, 6.45) is 2.58. The van der Waals surface area contributed by atoms with E-state index in [1.54, 1.807) is 36.4 Å². The molecule has 2 N–H and O–H groups in total. The van der Waals surface area contributed by atoms with E-state index in [0.717, 1.165) is 22.6 Å². The van der Waals surface area contributed by atoms with Crippen LogP contribution in [0.15, 0.2) is 46.6 Å². The lowest BCUT2D eigenvalue weighted by atomic mass is 9.97. The number of aryl methyl sites for hydroxylation is 2. The number of hydrazone groups is 2. The lowest BCUT2D eigenvalue weighted by Crippen LogP contribution is -2.28. The van der Waals surface area contributed by atoms with Crippen molar-refractivity contribution in [2.75, 3.05) is 13.2 Å². The highest BCUT2D eigenvalue weighted by molar-refractivity contribution is 6.31. The van der Waals surface area contributed by atoms with Crippen molar-refractivity contribution in [2.24, 2.45) is 10.2 Å². The van der Waals surface area contributed by atoms with Crippen molar-refractivity contribution in [1.29, 1.82) is 0 Å². The molecule has 8 nitrogen and oxygen atoms in total. The van der Waals surface area contributed by atoms with E-state index in [1.165, 1.54) is 0 Å². The first-order chi connectivity index (χ1) is 16.3. The predicted molar refractivity (Wildman–Crippen MR) is 133 cm³/mol. The van der Waals surface area contributed by atoms with Crippen LogP contribution >= 0.6 is 23.2 Å². The molecule has 1 aliphatic carbocycles. The van der Waals surface area contributed by atoms with Crippen LogP contribution in [0.3, 0.4) is 0 Å². The molecule has 2 aromatic carbocycles. The molecule has 34 heavy (non-hydrogen) atoms. The number of carbonyl (C=O) groups is 2. The van der Waals surface area contributed by atoms with Gasteiger partial charge >= 0.3 is 0 Å². The zero-order valence-electron chi connectivity index (χ0n) is 19.0. The standard InChI is InChI=1S/C24H26Cl2N4O4/c1-15-11-19(7-9-21(15)25)33-13-23(31)29-27-17-3-5-18(6-4-17)28-30-24(32)14-34-20-8-10-22(26)16(2)12-20/h7-12H,3-6,13-14H2,1-2H3,(H,29,31)(H,30,32). The van der Waals surface area contributed by atoms with Crippen LogP contribution < -0.4 is 20.3 Å². The van der Waals surface area contributed by atoms with E-state index >= 15 is 0 Å². The number of nitrogens with zero attached hydrogens (tertiary/aromatic N) is 2. The second kappa shape index (κ2) is 12.4. The van der Waals surface area contributed by atoms with Gasteiger partial charge in [0.2, 0.25) is 0 Å². The maximum absolute atomic E-state index is 12.0. The summed E-state index contributed by atoms with van der Waals surface area (Å²) >= 11 is 12.0. The molecule has 0 bridgehead atoms. The van der Waals surface area contributed by atoms with Gasteiger partial charge in [-0.3, -0.25) is 9.59 Å². The minimum absolute atomic E-state index is 0.145. The number of halogens is 2. The van der Waals surface area contributed by atoms with Crippen molar-refractivity contribution in [3.05, 3.63) is 57.6 Å². The molecule has 10 heteroatoms. The smallest absolute Gasteiger partial charge is 0.277 e. The molecule has 0 aromatic heterocycles. The van der Waals surface area contributed by atoms with E-state index in [1.807, 2.05) is 13.8 Å². The van der Waals surface area contributed by atoms with Gasteiger partial charge in [-0.2, -0.15) is 10.2 Å². The Morgan fingerprint density at radius 2 is 1.15 bits per heavy atom. The number of hydrogen-bond acceptors (Lipinski definition) is 6. The molecule has 3 rings (SSSR count). The summed E-state index contributed by atoms with van der Waals surface area (Å²) in [5, 5.41) is 9.64. The van der Waals surface area contributed by atoms with Gasteiger partial charge in [-0.05, 0) is 87.1 Å². The van der Waals surface area contributed by atoms with Crippen molar-refractivity contribution in [2.45, 2.75) is 39.5 Å². The van der Waals surface area contributed by atoms with Crippen molar-refractivity contribution in [1.82, 2.24) is 10.9 Å². The minimum atomic E-state index is -0.345. The Bertz CT molecular complexity index is 1020. The highest BCUT2D eigenvalue weighted by Gasteiger charge is 2.14. The zero-order chi connectivity index (χ0) is 24.5. The van der Waals surface area contributed by atoms with Gasteiger partial charge in [-0.1, -0.05) is 23.2 Å². The molecule has 0 unspecified atom stereocenters. The Hall–Kier alpha value is -3.10. The van der Waals surface area contributed by atoms with E-state index in [9.17, 15) is 9.59 Å². The van der Waals surface area contributed by atoms with Crippen molar-refractivity contribution in [3.8, 4) is 11.5 Å². The first-order valence-corrected chi connectivity index (χ1v) is 11.5. The van der Waals surface area contributed by atoms with Crippen molar-refractivity contribution >= 4 is 46.4 Å². The first kappa shape index (κ1) is 25.5. The van der Waals surface area contributed by atoms with Crippen molar-refractivity contribution in [3.63, 3.8) is 0 Å². The van der Waals surface area contributed by atoms with Gasteiger partial charge in [0, 0.05) is 21.5 Å². The van der Waals surface area contributed by atoms with Gasteiger partial charge in [0.1, 0.15) is 11.5 Å². The lowest BCUT2D eigenvalue weighted by Gasteiger charge is -2.15. The van der Waals surface area contributed by atoms with E-state index < -0.39 is 0 Å². The quantitative estimate of drug-likeness (QED) is 0.513. The summed E-state index contributed by atoms with van der Waals surface area (Å²) in [5.41, 5.74) is 8.51. The maximum Gasteiger partial charge on any atom is 0.277 e. The van der Waals surface area contributed by atoms with Crippen LogP contribution in [0, 0.1) is 13.8 Å². The van der Waals surface area contributed by atoms with Gasteiger partial charge in [0.05, 0.1) is 0 Å². The number of carbonyl (C=O) groups excluding carboxylic acids is 2. The number of nitrogens with one attached hydrogen (secondary N) is 2. The normalized spacial score (nSPS) is 13.2. The highest BCUT2D eigenvalue weighted by atomic mass is 35.5. The number of amides is 2. The van der Waals surface area contributed by atoms with Crippen LogP contribution in [0.1, 0.15) is 36.8 Å². The molecule has 0 saturated heterocycles. The second-order valence-corrected chi connectivity index (χ2v) is 8.64. The molecule has 0 heterocycles. The lowest BCUT2D eigenvalue weighted by molar-refractivity contribution is -0.123. The Labute approximate surface area is 208 Å². The molecule has 1 aliphatic rings. The van der Waals surface area contributed by atoms with Crippen LogP contribution in [0.4, 0.5) is 0 Å². The Kier molecular flexibility index (Phi) is 9.30. The largest absolute Gasteiger partial charge is 0.484 e. The molecule has 0 aliphatic heterocycles. The monoisotopic (exact) mass is 504 g/mol. The molecule has 1 saturated carbocycles. The first-order valence-electron chi connectivity index (χ1n) is 10.8. The van der Waals surface area contributed by atoms with Crippen LogP contribution in [0.25, 0.3) is 0 Å². The fourth-order valence-corrected chi connectivity index (χ4v) is 3.34. The molecule has 2 amide bonds. The van der Waals surface area contributed by atoms with Crippen LogP contribution in [0.5, 0.6) is 11.5 Å². The third-order valence-electron chi connectivity index (χ3n) is 5.08. The van der Waals surface area contributed by atoms with Gasteiger partial charge in [-0.15, -0.1) is 0 Å². The minimum Gasteiger partial charge on any atom is -0.484 e. The van der Waals surface area contributed by atoms with E-state index in [0.29, 0.717) is 47.2 Å². The summed E-state index contributed by atoms with van der Waals surface area (Å²) in [7, 11) is 0. The number of hydrogen-bond donors (Lipinski definition) is 2. The average Bonchev–Trinajstić information content (AvgIpc) is 2.83. The Morgan fingerprint density at radius 1 is 0.765 bits per heavy atom. The zero-order valence-corrected chi connectivity index (χ0v) is 20.5. The molecule has 180 valence electrons. The number of rotatable bonds is 8. The molecule has 0 radical (unpaired) electrons. The Balaban J connectivity index is 1.35. The summed E-state index contributed by atoms with van der Waals surface area (Å²) in [6.45, 7) is 3.44.